The summed E-state index contributed by atoms with van der Waals surface area (Å²) in [6.07, 6.45) is 12.6. The molecule has 1 heterocycles. The summed E-state index contributed by atoms with van der Waals surface area (Å²) in [4.78, 5) is 25.5. The van der Waals surface area contributed by atoms with Crippen molar-refractivity contribution in [2.24, 2.45) is 0 Å². The van der Waals surface area contributed by atoms with Crippen molar-refractivity contribution in [3.05, 3.63) is 0 Å². The van der Waals surface area contributed by atoms with E-state index in [9.17, 15) is 14.7 Å². The molecule has 0 spiro atoms. The van der Waals surface area contributed by atoms with Crippen LogP contribution in [-0.4, -0.2) is 39.8 Å². The average molecular weight is 384 g/mol. The molecule has 1 aliphatic rings. The van der Waals surface area contributed by atoms with E-state index in [4.69, 9.17) is 4.74 Å². The maximum atomic E-state index is 12.3. The van der Waals surface area contributed by atoms with Crippen LogP contribution in [0.2, 0.25) is 0 Å². The molecule has 27 heavy (non-hydrogen) atoms. The molecule has 1 fully saturated rings. The molecule has 0 aromatic heterocycles. The van der Waals surface area contributed by atoms with Crippen LogP contribution in [0.3, 0.4) is 0 Å². The zero-order chi connectivity index (χ0) is 20.3. The first-order valence-corrected chi connectivity index (χ1v) is 11.0. The summed E-state index contributed by atoms with van der Waals surface area (Å²) < 4.78 is 5.33. The fourth-order valence-electron chi connectivity index (χ4n) is 3.65. The van der Waals surface area contributed by atoms with Gasteiger partial charge in [0.15, 0.2) is 0 Å². The van der Waals surface area contributed by atoms with Crippen LogP contribution < -0.4 is 0 Å². The van der Waals surface area contributed by atoms with Crippen molar-refractivity contribution < 1.29 is 19.4 Å². The molecular weight excluding hydrogens is 342 g/mol. The van der Waals surface area contributed by atoms with Crippen LogP contribution in [0.4, 0.5) is 4.79 Å². The second-order valence-corrected chi connectivity index (χ2v) is 8.89. The first-order valence-electron chi connectivity index (χ1n) is 11.0. The lowest BCUT2D eigenvalue weighted by molar-refractivity contribution is -0.129. The van der Waals surface area contributed by atoms with E-state index in [1.807, 2.05) is 0 Å². The van der Waals surface area contributed by atoms with Gasteiger partial charge in [0.2, 0.25) is 5.91 Å². The highest BCUT2D eigenvalue weighted by Crippen LogP contribution is 2.26. The molecule has 0 radical (unpaired) electrons. The molecule has 2 amide bonds. The summed E-state index contributed by atoms with van der Waals surface area (Å²) in [6, 6.07) is -0.439. The molecule has 0 aromatic carbocycles. The summed E-state index contributed by atoms with van der Waals surface area (Å²) in [6.45, 7) is 7.57. The summed E-state index contributed by atoms with van der Waals surface area (Å²) >= 11 is 0. The van der Waals surface area contributed by atoms with Crippen LogP contribution in [0.25, 0.3) is 0 Å². The summed E-state index contributed by atoms with van der Waals surface area (Å²) in [7, 11) is 0. The Balaban J connectivity index is 2.24. The number of rotatable bonds is 12. The minimum absolute atomic E-state index is 0.239. The fourth-order valence-corrected chi connectivity index (χ4v) is 3.65. The topological polar surface area (TPSA) is 66.8 Å². The largest absolute Gasteiger partial charge is 0.443 e. The SMILES string of the molecule is CCCCCCCCCCCC[C@H](O)[C@@H]1CCC(=O)N1C(=O)OC(C)(C)C. The number of carbonyl (C=O) groups excluding carboxylic acids is 2. The van der Waals surface area contributed by atoms with E-state index >= 15 is 0 Å². The molecule has 5 nitrogen and oxygen atoms in total. The van der Waals surface area contributed by atoms with Gasteiger partial charge in [-0.2, -0.15) is 0 Å². The molecule has 0 aliphatic carbocycles. The van der Waals surface area contributed by atoms with Gasteiger partial charge in [0.1, 0.15) is 5.60 Å². The van der Waals surface area contributed by atoms with Crippen molar-refractivity contribution in [2.45, 2.75) is 129 Å². The molecular formula is C22H41NO4. The predicted octanol–water partition coefficient (Wildman–Crippen LogP) is 5.58. The van der Waals surface area contributed by atoms with Crippen molar-refractivity contribution in [1.29, 1.82) is 0 Å². The standard InChI is InChI=1S/C22H41NO4/c1-5-6-7-8-9-10-11-12-13-14-15-19(24)18-16-17-20(25)23(18)21(26)27-22(2,3)4/h18-19,24H,5-17H2,1-4H3/t18-,19-/m0/s1. The van der Waals surface area contributed by atoms with Crippen LogP contribution in [0.1, 0.15) is 111 Å². The molecule has 2 atom stereocenters. The Bertz CT molecular complexity index is 444. The number of ether oxygens (including phenoxy) is 1. The monoisotopic (exact) mass is 383 g/mol. The van der Waals surface area contributed by atoms with Crippen LogP contribution in [0.15, 0.2) is 0 Å². The van der Waals surface area contributed by atoms with Crippen LogP contribution in [-0.2, 0) is 9.53 Å². The highest BCUT2D eigenvalue weighted by atomic mass is 16.6. The highest BCUT2D eigenvalue weighted by molar-refractivity contribution is 5.94. The lowest BCUT2D eigenvalue weighted by atomic mass is 10.0. The van der Waals surface area contributed by atoms with Gasteiger partial charge in [-0.05, 0) is 33.6 Å². The Kier molecular flexibility index (Phi) is 11.0. The third kappa shape index (κ3) is 9.59. The normalized spacial score (nSPS) is 18.8. The lowest BCUT2D eigenvalue weighted by Crippen LogP contribution is -2.47. The van der Waals surface area contributed by atoms with Gasteiger partial charge in [-0.3, -0.25) is 4.79 Å². The first-order chi connectivity index (χ1) is 12.8. The number of amides is 2. The van der Waals surface area contributed by atoms with Crippen LogP contribution >= 0.6 is 0 Å². The maximum Gasteiger partial charge on any atom is 0.417 e. The van der Waals surface area contributed by atoms with Crippen molar-refractivity contribution in [3.63, 3.8) is 0 Å². The number of unbranched alkanes of at least 4 members (excludes halogenated alkanes) is 9. The number of likely N-dealkylation sites (tertiary alicyclic amines) is 1. The Hall–Kier alpha value is -1.10. The van der Waals surface area contributed by atoms with Crippen LogP contribution in [0.5, 0.6) is 0 Å². The van der Waals surface area contributed by atoms with E-state index < -0.39 is 23.8 Å². The summed E-state index contributed by atoms with van der Waals surface area (Å²) in [5.74, 6) is -0.239. The van der Waals surface area contributed by atoms with Gasteiger partial charge in [0, 0.05) is 6.42 Å². The second-order valence-electron chi connectivity index (χ2n) is 8.89. The van der Waals surface area contributed by atoms with Gasteiger partial charge in [0.05, 0.1) is 12.1 Å². The number of hydrogen-bond acceptors (Lipinski definition) is 4. The van der Waals surface area contributed by atoms with Gasteiger partial charge in [-0.15, -0.1) is 0 Å². The predicted molar refractivity (Wildman–Crippen MR) is 109 cm³/mol. The third-order valence-corrected chi connectivity index (χ3v) is 5.14. The number of carbonyl (C=O) groups is 2. The fraction of sp³-hybridized carbons (Fsp3) is 0.909. The number of aliphatic hydroxyl groups is 1. The van der Waals surface area contributed by atoms with Gasteiger partial charge >= 0.3 is 6.09 Å². The zero-order valence-corrected chi connectivity index (χ0v) is 18.0. The average Bonchev–Trinajstić information content (AvgIpc) is 2.96. The van der Waals surface area contributed by atoms with Gasteiger partial charge in [0.25, 0.3) is 0 Å². The number of nitrogens with zero attached hydrogens (tertiary/aromatic N) is 1. The maximum absolute atomic E-state index is 12.3. The highest BCUT2D eigenvalue weighted by Gasteiger charge is 2.41. The van der Waals surface area contributed by atoms with E-state index in [-0.39, 0.29) is 5.91 Å². The van der Waals surface area contributed by atoms with Crippen molar-refractivity contribution in [3.8, 4) is 0 Å². The van der Waals surface area contributed by atoms with Crippen molar-refractivity contribution >= 4 is 12.0 Å². The summed E-state index contributed by atoms with van der Waals surface area (Å²) in [5, 5.41) is 10.5. The Morgan fingerprint density at radius 3 is 2.11 bits per heavy atom. The Morgan fingerprint density at radius 1 is 1.07 bits per heavy atom. The molecule has 1 aliphatic heterocycles. The third-order valence-electron chi connectivity index (χ3n) is 5.14. The number of imide groups is 1. The van der Waals surface area contributed by atoms with Gasteiger partial charge in [-0.25, -0.2) is 9.69 Å². The van der Waals surface area contributed by atoms with E-state index in [0.717, 1.165) is 17.7 Å². The molecule has 0 unspecified atom stereocenters. The molecule has 0 aromatic rings. The quantitative estimate of drug-likeness (QED) is 0.446. The van der Waals surface area contributed by atoms with E-state index in [1.165, 1.54) is 51.4 Å². The summed E-state index contributed by atoms with van der Waals surface area (Å²) in [5.41, 5.74) is -0.647. The minimum Gasteiger partial charge on any atom is -0.443 e. The van der Waals surface area contributed by atoms with Crippen molar-refractivity contribution in [2.75, 3.05) is 0 Å². The smallest absolute Gasteiger partial charge is 0.417 e. The molecule has 1 N–H and O–H groups in total. The molecule has 5 heteroatoms. The van der Waals surface area contributed by atoms with Crippen molar-refractivity contribution in [1.82, 2.24) is 4.90 Å². The van der Waals surface area contributed by atoms with Crippen LogP contribution in [0, 0.1) is 0 Å². The molecule has 158 valence electrons. The second kappa shape index (κ2) is 12.4. The van der Waals surface area contributed by atoms with E-state index in [0.29, 0.717) is 19.3 Å². The first kappa shape index (κ1) is 23.9. The van der Waals surface area contributed by atoms with Gasteiger partial charge in [-0.1, -0.05) is 71.1 Å². The molecule has 1 saturated heterocycles. The lowest BCUT2D eigenvalue weighted by Gasteiger charge is -2.29. The van der Waals surface area contributed by atoms with E-state index in [2.05, 4.69) is 6.92 Å². The minimum atomic E-state index is -0.655. The van der Waals surface area contributed by atoms with E-state index in [1.54, 1.807) is 20.8 Å². The number of hydrogen-bond donors (Lipinski definition) is 1. The Morgan fingerprint density at radius 2 is 1.59 bits per heavy atom. The van der Waals surface area contributed by atoms with Gasteiger partial charge < -0.3 is 9.84 Å². The number of aliphatic hydroxyl groups excluding tert-OH is 1. The molecule has 1 rings (SSSR count). The molecule has 0 saturated carbocycles. The zero-order valence-electron chi connectivity index (χ0n) is 18.0. The Labute approximate surface area is 165 Å². The molecule has 0 bridgehead atoms.